The number of ether oxygens (including phenoxy) is 1. The Kier molecular flexibility index (Phi) is 5.60. The standard InChI is InChI=1S/C18H23NO/c1-3-4-8-16(12-15-7-6-11-19-14-15)17-9-5-10-18(13-17)20-2/h5-7,9-11,13-14,16H,3-4,8,12H2,1-2H3. The molecule has 0 amide bonds. The van der Waals surface area contributed by atoms with Gasteiger partial charge in [-0.1, -0.05) is 38.0 Å². The van der Waals surface area contributed by atoms with Gasteiger partial charge in [0, 0.05) is 12.4 Å². The number of methoxy groups -OCH3 is 1. The minimum Gasteiger partial charge on any atom is -0.497 e. The van der Waals surface area contributed by atoms with E-state index in [0.29, 0.717) is 5.92 Å². The summed E-state index contributed by atoms with van der Waals surface area (Å²) in [7, 11) is 1.72. The van der Waals surface area contributed by atoms with Gasteiger partial charge < -0.3 is 4.74 Å². The molecule has 1 aromatic carbocycles. The SMILES string of the molecule is CCCCC(Cc1cccnc1)c1cccc(OC)c1. The molecule has 0 fully saturated rings. The van der Waals surface area contributed by atoms with Crippen LogP contribution in [-0.2, 0) is 6.42 Å². The maximum Gasteiger partial charge on any atom is 0.119 e. The molecule has 2 nitrogen and oxygen atoms in total. The number of pyridine rings is 1. The minimum atomic E-state index is 0.536. The Morgan fingerprint density at radius 2 is 2.10 bits per heavy atom. The molecule has 106 valence electrons. The second kappa shape index (κ2) is 7.68. The summed E-state index contributed by atoms with van der Waals surface area (Å²) < 4.78 is 5.35. The van der Waals surface area contributed by atoms with Gasteiger partial charge in [0.25, 0.3) is 0 Å². The van der Waals surface area contributed by atoms with Crippen molar-refractivity contribution in [2.75, 3.05) is 7.11 Å². The molecule has 0 N–H and O–H groups in total. The van der Waals surface area contributed by atoms with Gasteiger partial charge in [0.2, 0.25) is 0 Å². The number of hydrogen-bond donors (Lipinski definition) is 0. The summed E-state index contributed by atoms with van der Waals surface area (Å²) in [5, 5.41) is 0. The van der Waals surface area contributed by atoms with Gasteiger partial charge in [0.1, 0.15) is 5.75 Å². The molecule has 1 aromatic heterocycles. The van der Waals surface area contributed by atoms with Crippen LogP contribution in [0, 0.1) is 0 Å². The van der Waals surface area contributed by atoms with E-state index in [9.17, 15) is 0 Å². The van der Waals surface area contributed by atoms with Crippen LogP contribution in [0.4, 0.5) is 0 Å². The van der Waals surface area contributed by atoms with Gasteiger partial charge in [-0.05, 0) is 48.1 Å². The Morgan fingerprint density at radius 1 is 1.20 bits per heavy atom. The maximum absolute atomic E-state index is 5.35. The zero-order valence-corrected chi connectivity index (χ0v) is 12.4. The zero-order chi connectivity index (χ0) is 14.2. The molecule has 0 radical (unpaired) electrons. The molecule has 0 saturated carbocycles. The van der Waals surface area contributed by atoms with Crippen LogP contribution in [0.1, 0.15) is 43.2 Å². The lowest BCUT2D eigenvalue weighted by Crippen LogP contribution is -2.04. The van der Waals surface area contributed by atoms with E-state index in [2.05, 4.69) is 36.2 Å². The van der Waals surface area contributed by atoms with Crippen molar-refractivity contribution in [2.45, 2.75) is 38.5 Å². The highest BCUT2D eigenvalue weighted by Gasteiger charge is 2.13. The Bertz CT molecular complexity index is 510. The van der Waals surface area contributed by atoms with Crippen LogP contribution in [0.5, 0.6) is 5.75 Å². The van der Waals surface area contributed by atoms with Crippen molar-refractivity contribution in [3.8, 4) is 5.75 Å². The third kappa shape index (κ3) is 4.09. The van der Waals surface area contributed by atoms with Crippen molar-refractivity contribution in [3.63, 3.8) is 0 Å². The molecule has 1 unspecified atom stereocenters. The van der Waals surface area contributed by atoms with E-state index >= 15 is 0 Å². The Labute approximate surface area is 121 Å². The average Bonchev–Trinajstić information content (AvgIpc) is 2.52. The van der Waals surface area contributed by atoms with E-state index in [4.69, 9.17) is 4.74 Å². The third-order valence-corrected chi connectivity index (χ3v) is 3.68. The maximum atomic E-state index is 5.35. The van der Waals surface area contributed by atoms with Crippen LogP contribution < -0.4 is 4.74 Å². The lowest BCUT2D eigenvalue weighted by molar-refractivity contribution is 0.413. The van der Waals surface area contributed by atoms with Crippen LogP contribution in [0.3, 0.4) is 0 Å². The first-order valence-corrected chi connectivity index (χ1v) is 7.36. The first kappa shape index (κ1) is 14.6. The van der Waals surface area contributed by atoms with Crippen LogP contribution in [0.25, 0.3) is 0 Å². The number of aromatic nitrogens is 1. The first-order chi connectivity index (χ1) is 9.83. The molecular weight excluding hydrogens is 246 g/mol. The summed E-state index contributed by atoms with van der Waals surface area (Å²) >= 11 is 0. The fourth-order valence-corrected chi connectivity index (χ4v) is 2.54. The summed E-state index contributed by atoms with van der Waals surface area (Å²) in [5.41, 5.74) is 2.66. The summed E-state index contributed by atoms with van der Waals surface area (Å²) in [6, 6.07) is 12.6. The molecule has 1 atom stereocenters. The Balaban J connectivity index is 2.17. The van der Waals surface area contributed by atoms with E-state index in [0.717, 1.165) is 12.2 Å². The van der Waals surface area contributed by atoms with Crippen molar-refractivity contribution in [1.29, 1.82) is 0 Å². The summed E-state index contributed by atoms with van der Waals surface area (Å²) in [6.07, 6.45) is 8.53. The molecule has 0 aliphatic heterocycles. The highest BCUT2D eigenvalue weighted by molar-refractivity contribution is 5.32. The number of unbranched alkanes of at least 4 members (excludes halogenated alkanes) is 1. The van der Waals surface area contributed by atoms with E-state index in [1.165, 1.54) is 30.4 Å². The highest BCUT2D eigenvalue weighted by Crippen LogP contribution is 2.28. The van der Waals surface area contributed by atoms with Crippen molar-refractivity contribution < 1.29 is 4.74 Å². The van der Waals surface area contributed by atoms with E-state index < -0.39 is 0 Å². The molecule has 0 bridgehead atoms. The molecule has 0 spiro atoms. The van der Waals surface area contributed by atoms with Gasteiger partial charge in [0.15, 0.2) is 0 Å². The second-order valence-electron chi connectivity index (χ2n) is 5.18. The fraction of sp³-hybridized carbons (Fsp3) is 0.389. The molecule has 1 heterocycles. The summed E-state index contributed by atoms with van der Waals surface area (Å²) in [4.78, 5) is 4.22. The first-order valence-electron chi connectivity index (χ1n) is 7.36. The molecular formula is C18H23NO. The van der Waals surface area contributed by atoms with Crippen LogP contribution in [-0.4, -0.2) is 12.1 Å². The Morgan fingerprint density at radius 3 is 2.80 bits per heavy atom. The van der Waals surface area contributed by atoms with Crippen LogP contribution in [0.15, 0.2) is 48.8 Å². The molecule has 20 heavy (non-hydrogen) atoms. The topological polar surface area (TPSA) is 22.1 Å². The normalized spacial score (nSPS) is 12.1. The predicted octanol–water partition coefficient (Wildman–Crippen LogP) is 4.61. The number of nitrogens with zero attached hydrogens (tertiary/aromatic N) is 1. The van der Waals surface area contributed by atoms with Gasteiger partial charge in [-0.3, -0.25) is 4.98 Å². The van der Waals surface area contributed by atoms with Crippen LogP contribution >= 0.6 is 0 Å². The fourth-order valence-electron chi connectivity index (χ4n) is 2.54. The molecule has 2 rings (SSSR count). The van der Waals surface area contributed by atoms with Crippen molar-refractivity contribution in [1.82, 2.24) is 4.98 Å². The van der Waals surface area contributed by atoms with E-state index in [1.807, 2.05) is 24.5 Å². The number of rotatable bonds is 7. The van der Waals surface area contributed by atoms with E-state index in [-0.39, 0.29) is 0 Å². The van der Waals surface area contributed by atoms with Crippen molar-refractivity contribution in [3.05, 3.63) is 59.9 Å². The van der Waals surface area contributed by atoms with Gasteiger partial charge in [-0.25, -0.2) is 0 Å². The molecule has 0 saturated heterocycles. The molecule has 0 aliphatic carbocycles. The Hall–Kier alpha value is -1.83. The largest absolute Gasteiger partial charge is 0.497 e. The lowest BCUT2D eigenvalue weighted by atomic mass is 9.88. The summed E-state index contributed by atoms with van der Waals surface area (Å²) in [6.45, 7) is 2.24. The molecule has 2 heteroatoms. The third-order valence-electron chi connectivity index (χ3n) is 3.68. The lowest BCUT2D eigenvalue weighted by Gasteiger charge is -2.18. The predicted molar refractivity (Wildman–Crippen MR) is 83.2 cm³/mol. The molecule has 0 aliphatic rings. The van der Waals surface area contributed by atoms with Gasteiger partial charge in [-0.15, -0.1) is 0 Å². The minimum absolute atomic E-state index is 0.536. The van der Waals surface area contributed by atoms with Gasteiger partial charge in [0.05, 0.1) is 7.11 Å². The monoisotopic (exact) mass is 269 g/mol. The highest BCUT2D eigenvalue weighted by atomic mass is 16.5. The van der Waals surface area contributed by atoms with Gasteiger partial charge >= 0.3 is 0 Å². The smallest absolute Gasteiger partial charge is 0.119 e. The molecule has 2 aromatic rings. The second-order valence-corrected chi connectivity index (χ2v) is 5.18. The van der Waals surface area contributed by atoms with Crippen molar-refractivity contribution >= 4 is 0 Å². The number of benzene rings is 1. The van der Waals surface area contributed by atoms with Crippen molar-refractivity contribution in [2.24, 2.45) is 0 Å². The van der Waals surface area contributed by atoms with Crippen LogP contribution in [0.2, 0.25) is 0 Å². The van der Waals surface area contributed by atoms with Gasteiger partial charge in [-0.2, -0.15) is 0 Å². The summed E-state index contributed by atoms with van der Waals surface area (Å²) in [5.74, 6) is 1.48. The zero-order valence-electron chi connectivity index (χ0n) is 12.4. The average molecular weight is 269 g/mol. The van der Waals surface area contributed by atoms with E-state index in [1.54, 1.807) is 7.11 Å². The number of hydrogen-bond acceptors (Lipinski definition) is 2. The quantitative estimate of drug-likeness (QED) is 0.732.